The molecule has 2 heterocycles. The van der Waals surface area contributed by atoms with Gasteiger partial charge in [-0.2, -0.15) is 30.9 Å². The van der Waals surface area contributed by atoms with Crippen molar-refractivity contribution in [3.63, 3.8) is 0 Å². The second-order valence-electron chi connectivity index (χ2n) is 4.10. The molecular formula is C12H10ClF3N4OS. The van der Waals surface area contributed by atoms with Crippen molar-refractivity contribution in [2.75, 3.05) is 12.3 Å². The Morgan fingerprint density at radius 3 is 2.77 bits per heavy atom. The van der Waals surface area contributed by atoms with Gasteiger partial charge in [0.25, 0.3) is 5.91 Å². The number of rotatable bonds is 4. The van der Waals surface area contributed by atoms with E-state index in [9.17, 15) is 18.0 Å². The van der Waals surface area contributed by atoms with Crippen LogP contribution in [0, 0.1) is 0 Å². The van der Waals surface area contributed by atoms with Gasteiger partial charge in [0, 0.05) is 18.5 Å². The molecule has 0 bridgehead atoms. The molecular weight excluding hydrogens is 341 g/mol. The lowest BCUT2D eigenvalue weighted by Gasteiger charge is -2.12. The second kappa shape index (κ2) is 6.57. The highest BCUT2D eigenvalue weighted by Gasteiger charge is 2.41. The van der Waals surface area contributed by atoms with Gasteiger partial charge in [0.15, 0.2) is 11.5 Å². The number of nitrogens with one attached hydrogen (secondary N) is 1. The van der Waals surface area contributed by atoms with Gasteiger partial charge >= 0.3 is 6.18 Å². The topological polar surface area (TPSA) is 59.8 Å². The number of amides is 1. The second-order valence-corrected chi connectivity index (χ2v) is 4.96. The van der Waals surface area contributed by atoms with Crippen molar-refractivity contribution in [1.82, 2.24) is 20.1 Å². The highest BCUT2D eigenvalue weighted by molar-refractivity contribution is 7.80. The van der Waals surface area contributed by atoms with Gasteiger partial charge in [-0.3, -0.25) is 4.79 Å². The van der Waals surface area contributed by atoms with Crippen LogP contribution in [-0.4, -0.2) is 33.0 Å². The molecule has 1 amide bonds. The van der Waals surface area contributed by atoms with E-state index >= 15 is 0 Å². The molecule has 2 aromatic rings. The van der Waals surface area contributed by atoms with E-state index < -0.39 is 23.3 Å². The van der Waals surface area contributed by atoms with Crippen molar-refractivity contribution in [3.8, 4) is 5.82 Å². The van der Waals surface area contributed by atoms with Crippen LogP contribution in [-0.2, 0) is 6.18 Å². The largest absolute Gasteiger partial charge is 0.434 e. The molecule has 0 unspecified atom stereocenters. The fourth-order valence-corrected chi connectivity index (χ4v) is 2.06. The summed E-state index contributed by atoms with van der Waals surface area (Å²) in [6.45, 7) is 0.134. The molecule has 0 aliphatic heterocycles. The lowest BCUT2D eigenvalue weighted by molar-refractivity contribution is -0.143. The standard InChI is InChI=1S/C12H10ClF3N4OS/c13-8-2-1-3-17-10(8)20-9(12(14,15)16)7(6-19-20)11(21)18-4-5-22/h1-3,6,22H,4-5H2,(H,18,21). The van der Waals surface area contributed by atoms with E-state index in [0.29, 0.717) is 10.4 Å². The zero-order valence-corrected chi connectivity index (χ0v) is 12.6. The van der Waals surface area contributed by atoms with Gasteiger partial charge in [-0.05, 0) is 12.1 Å². The lowest BCUT2D eigenvalue weighted by atomic mass is 10.2. The molecule has 0 saturated heterocycles. The molecule has 2 aromatic heterocycles. The van der Waals surface area contributed by atoms with Gasteiger partial charge in [-0.1, -0.05) is 11.6 Å². The van der Waals surface area contributed by atoms with Crippen LogP contribution in [0.2, 0.25) is 5.02 Å². The quantitative estimate of drug-likeness (QED) is 0.833. The van der Waals surface area contributed by atoms with E-state index in [1.165, 1.54) is 18.3 Å². The number of alkyl halides is 3. The number of carbonyl (C=O) groups excluding carboxylic acids is 1. The number of nitrogens with zero attached hydrogens (tertiary/aromatic N) is 3. The van der Waals surface area contributed by atoms with Crippen LogP contribution in [0.5, 0.6) is 0 Å². The Hall–Kier alpha value is -1.74. The van der Waals surface area contributed by atoms with E-state index in [-0.39, 0.29) is 17.4 Å². The van der Waals surface area contributed by atoms with E-state index in [1.54, 1.807) is 0 Å². The van der Waals surface area contributed by atoms with Crippen LogP contribution in [0.1, 0.15) is 16.1 Å². The summed E-state index contributed by atoms with van der Waals surface area (Å²) < 4.78 is 40.5. The van der Waals surface area contributed by atoms with Crippen LogP contribution >= 0.6 is 24.2 Å². The van der Waals surface area contributed by atoms with E-state index in [1.807, 2.05) is 0 Å². The maximum atomic E-state index is 13.3. The summed E-state index contributed by atoms with van der Waals surface area (Å²) in [6.07, 6.45) is -2.68. The number of pyridine rings is 1. The van der Waals surface area contributed by atoms with Crippen molar-refractivity contribution in [3.05, 3.63) is 40.8 Å². The van der Waals surface area contributed by atoms with Crippen molar-refractivity contribution in [2.45, 2.75) is 6.18 Å². The van der Waals surface area contributed by atoms with Gasteiger partial charge in [-0.25, -0.2) is 9.67 Å². The van der Waals surface area contributed by atoms with Crippen molar-refractivity contribution < 1.29 is 18.0 Å². The smallest absolute Gasteiger partial charge is 0.351 e. The number of hydrogen-bond acceptors (Lipinski definition) is 4. The van der Waals surface area contributed by atoms with Gasteiger partial charge in [0.05, 0.1) is 16.8 Å². The number of aromatic nitrogens is 3. The van der Waals surface area contributed by atoms with Crippen molar-refractivity contribution >= 4 is 30.1 Å². The number of halogens is 4. The molecule has 1 N–H and O–H groups in total. The molecule has 22 heavy (non-hydrogen) atoms. The van der Waals surface area contributed by atoms with Crippen molar-refractivity contribution in [1.29, 1.82) is 0 Å². The minimum atomic E-state index is -4.80. The average Bonchev–Trinajstić information content (AvgIpc) is 2.90. The molecule has 0 aliphatic carbocycles. The predicted octanol–water partition coefficient (Wildman–Crippen LogP) is 2.60. The molecule has 0 aromatic carbocycles. The summed E-state index contributed by atoms with van der Waals surface area (Å²) in [6, 6.07) is 2.86. The molecule has 0 atom stereocenters. The Balaban J connectivity index is 2.55. The molecule has 0 aliphatic rings. The first-order valence-corrected chi connectivity index (χ1v) is 7.02. The minimum absolute atomic E-state index is 0.0154. The SMILES string of the molecule is O=C(NCCS)c1cnn(-c2ncccc2Cl)c1C(F)(F)F. The molecule has 5 nitrogen and oxygen atoms in total. The summed E-state index contributed by atoms with van der Waals surface area (Å²) in [7, 11) is 0. The first kappa shape index (κ1) is 16.6. The van der Waals surface area contributed by atoms with Crippen LogP contribution in [0.3, 0.4) is 0 Å². The number of hydrogen-bond donors (Lipinski definition) is 2. The molecule has 10 heteroatoms. The highest BCUT2D eigenvalue weighted by Crippen LogP contribution is 2.34. The Bertz CT molecular complexity index is 689. The van der Waals surface area contributed by atoms with E-state index in [2.05, 4.69) is 28.0 Å². The summed E-state index contributed by atoms with van der Waals surface area (Å²) in [5.74, 6) is -0.794. The fourth-order valence-electron chi connectivity index (χ4n) is 1.75. The predicted molar refractivity (Wildman–Crippen MR) is 77.6 cm³/mol. The Morgan fingerprint density at radius 2 is 2.18 bits per heavy atom. The summed E-state index contributed by atoms with van der Waals surface area (Å²) in [5.41, 5.74) is -1.83. The summed E-state index contributed by atoms with van der Waals surface area (Å²) in [5, 5.41) is 5.92. The van der Waals surface area contributed by atoms with Gasteiger partial charge in [0.1, 0.15) is 0 Å². The monoisotopic (exact) mass is 350 g/mol. The third-order valence-corrected chi connectivity index (χ3v) is 3.14. The fraction of sp³-hybridized carbons (Fsp3) is 0.250. The summed E-state index contributed by atoms with van der Waals surface area (Å²) >= 11 is 9.73. The highest BCUT2D eigenvalue weighted by atomic mass is 35.5. The van der Waals surface area contributed by atoms with Gasteiger partial charge in [0.2, 0.25) is 0 Å². The molecule has 0 fully saturated rings. The molecule has 0 spiro atoms. The van der Waals surface area contributed by atoms with E-state index in [0.717, 1.165) is 6.20 Å². The average molecular weight is 351 g/mol. The minimum Gasteiger partial charge on any atom is -0.351 e. The van der Waals surface area contributed by atoms with Gasteiger partial charge in [-0.15, -0.1) is 0 Å². The molecule has 2 rings (SSSR count). The van der Waals surface area contributed by atoms with Crippen molar-refractivity contribution in [2.24, 2.45) is 0 Å². The Kier molecular flexibility index (Phi) is 4.97. The maximum Gasteiger partial charge on any atom is 0.434 e. The first-order chi connectivity index (χ1) is 10.4. The Labute approximate surface area is 133 Å². The van der Waals surface area contributed by atoms with E-state index in [4.69, 9.17) is 11.6 Å². The maximum absolute atomic E-state index is 13.3. The zero-order chi connectivity index (χ0) is 16.3. The third kappa shape index (κ3) is 3.36. The first-order valence-electron chi connectivity index (χ1n) is 6.01. The number of carbonyl (C=O) groups is 1. The Morgan fingerprint density at radius 1 is 1.45 bits per heavy atom. The summed E-state index contributed by atoms with van der Waals surface area (Å²) in [4.78, 5) is 15.6. The number of thiol groups is 1. The lowest BCUT2D eigenvalue weighted by Crippen LogP contribution is -2.28. The molecule has 0 saturated carbocycles. The molecule has 118 valence electrons. The van der Waals surface area contributed by atoms with Crippen LogP contribution in [0.25, 0.3) is 5.82 Å². The zero-order valence-electron chi connectivity index (χ0n) is 10.9. The normalized spacial score (nSPS) is 11.5. The van der Waals surface area contributed by atoms with Crippen LogP contribution in [0.15, 0.2) is 24.5 Å². The third-order valence-electron chi connectivity index (χ3n) is 2.62. The van der Waals surface area contributed by atoms with Gasteiger partial charge < -0.3 is 5.32 Å². The van der Waals surface area contributed by atoms with Crippen LogP contribution in [0.4, 0.5) is 13.2 Å². The molecule has 0 radical (unpaired) electrons. The van der Waals surface area contributed by atoms with Crippen LogP contribution < -0.4 is 5.32 Å².